The highest BCUT2D eigenvalue weighted by molar-refractivity contribution is 7.74. The lowest BCUT2D eigenvalue weighted by atomic mass is 10.2. The molecule has 7 heteroatoms. The van der Waals surface area contributed by atoms with Crippen LogP contribution in [0.4, 0.5) is 0 Å². The van der Waals surface area contributed by atoms with E-state index in [0.29, 0.717) is 0 Å². The van der Waals surface area contributed by atoms with Gasteiger partial charge in [0.1, 0.15) is 6.04 Å². The maximum absolute atomic E-state index is 10.7. The van der Waals surface area contributed by atoms with Gasteiger partial charge in [0.2, 0.25) is 5.52 Å². The van der Waals surface area contributed by atoms with Crippen LogP contribution in [0.2, 0.25) is 0 Å². The average Bonchev–Trinajstić information content (AvgIpc) is 1.85. The van der Waals surface area contributed by atoms with Gasteiger partial charge in [-0.15, -0.1) is 0 Å². The number of carboxylic acid groups (broad SMARTS) is 1. The number of aliphatic carboxylic acids is 1. The summed E-state index contributed by atoms with van der Waals surface area (Å²) in [6, 6.07) is -1.27. The molecule has 0 bridgehead atoms. The van der Waals surface area contributed by atoms with Crippen LogP contribution in [0.25, 0.3) is 0 Å². The summed E-state index contributed by atoms with van der Waals surface area (Å²) in [6.45, 7) is 0.858. The molecule has 0 spiro atoms. The van der Waals surface area contributed by atoms with Crippen molar-refractivity contribution in [1.82, 2.24) is 0 Å². The van der Waals surface area contributed by atoms with Crippen LogP contribution in [0.1, 0.15) is 6.42 Å². The third-order valence-electron chi connectivity index (χ3n) is 1.22. The maximum atomic E-state index is 10.7. The Morgan fingerprint density at radius 1 is 1.67 bits per heavy atom. The fraction of sp³-hybridized carbons (Fsp3) is 0.600. The van der Waals surface area contributed by atoms with E-state index in [-0.39, 0.29) is 0 Å². The number of rotatable bonds is 4. The standard InChI is InChI=1S/C5H10NO5P/c1-12(10,11)4(7)2-3(6)5(8)9/h3H,2,6H2,1H3,(H,8,9)(H,10,11). The van der Waals surface area contributed by atoms with Crippen molar-refractivity contribution >= 4 is 18.9 Å². The van der Waals surface area contributed by atoms with Gasteiger partial charge in [-0.3, -0.25) is 9.36 Å². The zero-order chi connectivity index (χ0) is 9.94. The number of carbonyl (C=O) groups is 2. The van der Waals surface area contributed by atoms with Crippen molar-refractivity contribution < 1.29 is 29.9 Å². The molecule has 0 saturated carbocycles. The van der Waals surface area contributed by atoms with Crippen LogP contribution in [0.15, 0.2) is 0 Å². The third-order valence-corrected chi connectivity index (χ3v) is 2.33. The summed E-state index contributed by atoms with van der Waals surface area (Å²) < 4.78 is 10.6. The van der Waals surface area contributed by atoms with E-state index in [0.717, 1.165) is 6.66 Å². The normalized spacial score (nSPS) is 17.9. The molecule has 0 saturated heterocycles. The first-order valence-electron chi connectivity index (χ1n) is 3.12. The largest absolute Gasteiger partial charge is 0.544 e. The summed E-state index contributed by atoms with van der Waals surface area (Å²) in [5, 5.41) is 10.1. The van der Waals surface area contributed by atoms with E-state index in [2.05, 4.69) is 5.73 Å². The van der Waals surface area contributed by atoms with Crippen LogP contribution in [-0.2, 0) is 14.2 Å². The van der Waals surface area contributed by atoms with Crippen molar-refractivity contribution in [3.05, 3.63) is 0 Å². The summed E-state index contributed by atoms with van der Waals surface area (Å²) >= 11 is 0. The van der Waals surface area contributed by atoms with E-state index in [4.69, 9.17) is 4.89 Å². The summed E-state index contributed by atoms with van der Waals surface area (Å²) in [6.07, 6.45) is -0.563. The van der Waals surface area contributed by atoms with Crippen LogP contribution in [0.5, 0.6) is 0 Å². The number of carboxylic acids is 1. The van der Waals surface area contributed by atoms with Gasteiger partial charge in [0, 0.05) is 6.66 Å². The number of quaternary nitrogens is 1. The summed E-state index contributed by atoms with van der Waals surface area (Å²) in [4.78, 5) is 29.5. The second-order valence-electron chi connectivity index (χ2n) is 2.49. The minimum absolute atomic E-state index is 0.563. The van der Waals surface area contributed by atoms with E-state index in [9.17, 15) is 19.3 Å². The van der Waals surface area contributed by atoms with Gasteiger partial charge in [-0.1, -0.05) is 0 Å². The molecular weight excluding hydrogens is 185 g/mol. The van der Waals surface area contributed by atoms with Gasteiger partial charge in [0.05, 0.1) is 12.4 Å². The summed E-state index contributed by atoms with van der Waals surface area (Å²) in [7, 11) is -3.82. The molecule has 0 rings (SSSR count). The molecule has 0 radical (unpaired) electrons. The first kappa shape index (κ1) is 11.3. The zero-order valence-electron chi connectivity index (χ0n) is 6.52. The molecule has 4 N–H and O–H groups in total. The molecular formula is C5H10NO5P. The Bertz CT molecular complexity index is 244. The van der Waals surface area contributed by atoms with E-state index in [1.54, 1.807) is 0 Å². The number of hydrogen-bond donors (Lipinski definition) is 2. The lowest BCUT2D eigenvalue weighted by Gasteiger charge is -2.09. The van der Waals surface area contributed by atoms with E-state index in [1.165, 1.54) is 0 Å². The van der Waals surface area contributed by atoms with Crippen molar-refractivity contribution in [1.29, 1.82) is 0 Å². The predicted molar refractivity (Wildman–Crippen MR) is 37.1 cm³/mol. The molecule has 2 atom stereocenters. The Hall–Kier alpha value is -0.710. The Balaban J connectivity index is 4.21. The van der Waals surface area contributed by atoms with Gasteiger partial charge in [-0.05, 0) is 0 Å². The lowest BCUT2D eigenvalue weighted by molar-refractivity contribution is -0.436. The molecule has 0 aliphatic rings. The van der Waals surface area contributed by atoms with Crippen LogP contribution in [0, 0.1) is 0 Å². The van der Waals surface area contributed by atoms with E-state index in [1.807, 2.05) is 0 Å². The van der Waals surface area contributed by atoms with Gasteiger partial charge in [-0.2, -0.15) is 0 Å². The highest BCUT2D eigenvalue weighted by Crippen LogP contribution is 2.37. The van der Waals surface area contributed by atoms with Crippen molar-refractivity contribution in [3.63, 3.8) is 0 Å². The fourth-order valence-electron chi connectivity index (χ4n) is 0.463. The molecule has 0 aromatic rings. The summed E-state index contributed by atoms with van der Waals surface area (Å²) in [5.74, 6) is -1.50. The molecule has 0 aliphatic heterocycles. The molecule has 0 amide bonds. The zero-order valence-corrected chi connectivity index (χ0v) is 7.41. The molecule has 6 nitrogen and oxygen atoms in total. The molecule has 70 valence electrons. The monoisotopic (exact) mass is 195 g/mol. The predicted octanol–water partition coefficient (Wildman–Crippen LogP) is -2.84. The van der Waals surface area contributed by atoms with Crippen LogP contribution >= 0.6 is 7.37 Å². The first-order valence-corrected chi connectivity index (χ1v) is 5.23. The molecule has 0 aromatic heterocycles. The smallest absolute Gasteiger partial charge is 0.261 e. The highest BCUT2D eigenvalue weighted by Gasteiger charge is 2.25. The van der Waals surface area contributed by atoms with Gasteiger partial charge >= 0.3 is 0 Å². The molecule has 0 heterocycles. The van der Waals surface area contributed by atoms with E-state index < -0.39 is 31.3 Å². The van der Waals surface area contributed by atoms with Crippen molar-refractivity contribution in [2.24, 2.45) is 0 Å². The van der Waals surface area contributed by atoms with Gasteiger partial charge < -0.3 is 20.5 Å². The molecule has 2 unspecified atom stereocenters. The van der Waals surface area contributed by atoms with Crippen molar-refractivity contribution in [3.8, 4) is 0 Å². The minimum Gasteiger partial charge on any atom is -0.544 e. The highest BCUT2D eigenvalue weighted by atomic mass is 31.2. The quantitative estimate of drug-likeness (QED) is 0.468. The third kappa shape index (κ3) is 3.61. The Labute approximate surface area is 68.8 Å². The Kier molecular flexibility index (Phi) is 3.57. The number of carbonyl (C=O) groups excluding carboxylic acids is 2. The number of hydrogen-bond acceptors (Lipinski definition) is 4. The second-order valence-corrected chi connectivity index (χ2v) is 4.75. The SMILES string of the molecule is CP(=O)(O)C(=O)CC([NH3+])C(=O)[O-]. The van der Waals surface area contributed by atoms with Gasteiger partial charge in [0.15, 0.2) is 0 Å². The first-order chi connectivity index (χ1) is 5.25. The lowest BCUT2D eigenvalue weighted by Crippen LogP contribution is -2.68. The molecule has 0 aromatic carbocycles. The van der Waals surface area contributed by atoms with Crippen LogP contribution in [-0.4, -0.2) is 29.1 Å². The second kappa shape index (κ2) is 3.80. The van der Waals surface area contributed by atoms with Crippen molar-refractivity contribution in [2.75, 3.05) is 6.66 Å². The molecule has 0 fully saturated rings. The minimum atomic E-state index is -3.82. The topological polar surface area (TPSA) is 122 Å². The van der Waals surface area contributed by atoms with Crippen LogP contribution < -0.4 is 10.8 Å². The molecule has 0 aliphatic carbocycles. The Morgan fingerprint density at radius 3 is 2.33 bits per heavy atom. The average molecular weight is 195 g/mol. The molecule has 12 heavy (non-hydrogen) atoms. The van der Waals surface area contributed by atoms with Gasteiger partial charge in [-0.25, -0.2) is 0 Å². The van der Waals surface area contributed by atoms with E-state index >= 15 is 0 Å². The Morgan fingerprint density at radius 2 is 2.08 bits per heavy atom. The van der Waals surface area contributed by atoms with Gasteiger partial charge in [0.25, 0.3) is 7.37 Å². The fourth-order valence-corrected chi connectivity index (χ4v) is 1.02. The summed E-state index contributed by atoms with van der Waals surface area (Å²) in [5.41, 5.74) is 2.08. The maximum Gasteiger partial charge on any atom is 0.261 e. The van der Waals surface area contributed by atoms with Crippen LogP contribution in [0.3, 0.4) is 0 Å². The van der Waals surface area contributed by atoms with Crippen molar-refractivity contribution in [2.45, 2.75) is 12.5 Å².